The van der Waals surface area contributed by atoms with E-state index in [9.17, 15) is 9.18 Å². The first-order valence-corrected chi connectivity index (χ1v) is 6.80. The van der Waals surface area contributed by atoms with Gasteiger partial charge in [-0.05, 0) is 37.9 Å². The van der Waals surface area contributed by atoms with Crippen LogP contribution in [0, 0.1) is 11.4 Å². The molecule has 2 heterocycles. The summed E-state index contributed by atoms with van der Waals surface area (Å²) in [6, 6.07) is 2.79. The first-order valence-electron chi connectivity index (χ1n) is 6.80. The third-order valence-electron chi connectivity index (χ3n) is 3.67. The molecule has 0 aromatic carbocycles. The summed E-state index contributed by atoms with van der Waals surface area (Å²) < 4.78 is 12.7. The Morgan fingerprint density at radius 3 is 3.00 bits per heavy atom. The molecule has 1 aliphatic heterocycles. The zero-order valence-corrected chi connectivity index (χ0v) is 11.2. The summed E-state index contributed by atoms with van der Waals surface area (Å²) >= 11 is 0. The second-order valence-corrected chi connectivity index (χ2v) is 5.13. The fraction of sp³-hybridized carbons (Fsp3) is 0.571. The largest absolute Gasteiger partial charge is 0.324 e. The Labute approximate surface area is 112 Å². The molecule has 0 saturated carbocycles. The number of pyridine rings is 1. The molecule has 1 saturated heterocycles. The normalized spacial score (nSPS) is 23.1. The van der Waals surface area contributed by atoms with Gasteiger partial charge in [-0.15, -0.1) is 0 Å². The molecule has 0 radical (unpaired) electrons. The average molecular weight is 265 g/mol. The van der Waals surface area contributed by atoms with Gasteiger partial charge in [0.1, 0.15) is 0 Å². The molecule has 2 rings (SSSR count). The van der Waals surface area contributed by atoms with Gasteiger partial charge in [0.05, 0.1) is 17.3 Å². The molecule has 5 heteroatoms. The van der Waals surface area contributed by atoms with Gasteiger partial charge in [-0.2, -0.15) is 4.39 Å². The van der Waals surface area contributed by atoms with Gasteiger partial charge < -0.3 is 10.6 Å². The fourth-order valence-electron chi connectivity index (χ4n) is 2.68. The topological polar surface area (TPSA) is 54.0 Å². The van der Waals surface area contributed by atoms with Crippen LogP contribution in [0.25, 0.3) is 0 Å². The molecule has 1 aromatic heterocycles. The molecular formula is C14H20FN3O. The fourth-order valence-corrected chi connectivity index (χ4v) is 2.68. The number of rotatable bonds is 4. The minimum atomic E-state index is -0.541. The molecule has 0 bridgehead atoms. The highest BCUT2D eigenvalue weighted by molar-refractivity contribution is 5.95. The van der Waals surface area contributed by atoms with E-state index in [2.05, 4.69) is 22.5 Å². The van der Waals surface area contributed by atoms with E-state index < -0.39 is 5.95 Å². The van der Waals surface area contributed by atoms with Crippen LogP contribution in [0.15, 0.2) is 18.3 Å². The number of halogens is 1. The molecule has 2 N–H and O–H groups in total. The van der Waals surface area contributed by atoms with Gasteiger partial charge >= 0.3 is 0 Å². The summed E-state index contributed by atoms with van der Waals surface area (Å²) in [4.78, 5) is 16.0. The van der Waals surface area contributed by atoms with E-state index in [-0.39, 0.29) is 11.3 Å². The quantitative estimate of drug-likeness (QED) is 0.822. The summed E-state index contributed by atoms with van der Waals surface area (Å²) in [5.41, 5.74) is 0.203. The van der Waals surface area contributed by atoms with Crippen LogP contribution in [0.4, 0.5) is 10.1 Å². The molecule has 1 fully saturated rings. The Morgan fingerprint density at radius 1 is 1.58 bits per heavy atom. The second kappa shape index (κ2) is 6.10. The second-order valence-electron chi connectivity index (χ2n) is 5.13. The Hall–Kier alpha value is -1.49. The average Bonchev–Trinajstić information content (AvgIpc) is 2.43. The predicted octanol–water partition coefficient (Wildman–Crippen LogP) is 2.33. The number of hydrogen-bond donors (Lipinski definition) is 2. The summed E-state index contributed by atoms with van der Waals surface area (Å²) in [5.74, 6) is -0.532. The van der Waals surface area contributed by atoms with Crippen molar-refractivity contribution in [1.82, 2.24) is 10.3 Å². The molecule has 0 aliphatic carbocycles. The van der Waals surface area contributed by atoms with Crippen molar-refractivity contribution in [2.75, 3.05) is 18.4 Å². The summed E-state index contributed by atoms with van der Waals surface area (Å²) in [6.45, 7) is 3.77. The number of aromatic nitrogens is 1. The summed E-state index contributed by atoms with van der Waals surface area (Å²) in [6.07, 6.45) is 5.09. The molecule has 19 heavy (non-hydrogen) atoms. The van der Waals surface area contributed by atoms with Crippen LogP contribution in [-0.2, 0) is 4.79 Å². The SMILES string of the molecule is CCCC1(C(=O)Nc2ccc(F)nc2)CCCNC1. The lowest BCUT2D eigenvalue weighted by atomic mass is 9.76. The Kier molecular flexibility index (Phi) is 4.47. The highest BCUT2D eigenvalue weighted by Gasteiger charge is 2.38. The standard InChI is InChI=1S/C14H20FN3O/c1-2-6-14(7-3-8-16-10-14)13(19)18-11-4-5-12(15)17-9-11/h4-5,9,16H,2-3,6-8,10H2,1H3,(H,18,19). The highest BCUT2D eigenvalue weighted by atomic mass is 19.1. The molecule has 4 nitrogen and oxygen atoms in total. The van der Waals surface area contributed by atoms with Crippen molar-refractivity contribution < 1.29 is 9.18 Å². The summed E-state index contributed by atoms with van der Waals surface area (Å²) in [7, 11) is 0. The Balaban J connectivity index is 2.09. The van der Waals surface area contributed by atoms with Gasteiger partial charge in [0.25, 0.3) is 0 Å². The first kappa shape index (κ1) is 13.9. The van der Waals surface area contributed by atoms with E-state index in [1.165, 1.54) is 18.3 Å². The maximum absolute atomic E-state index is 12.7. The van der Waals surface area contributed by atoms with Crippen molar-refractivity contribution in [3.05, 3.63) is 24.3 Å². The third-order valence-corrected chi connectivity index (χ3v) is 3.67. The van der Waals surface area contributed by atoms with E-state index in [1.807, 2.05) is 0 Å². The van der Waals surface area contributed by atoms with E-state index in [0.29, 0.717) is 12.2 Å². The lowest BCUT2D eigenvalue weighted by Gasteiger charge is -2.36. The number of carbonyl (C=O) groups is 1. The Morgan fingerprint density at radius 2 is 2.42 bits per heavy atom. The number of piperidine rings is 1. The van der Waals surface area contributed by atoms with Crippen molar-refractivity contribution in [3.8, 4) is 0 Å². The van der Waals surface area contributed by atoms with Crippen LogP contribution in [0.3, 0.4) is 0 Å². The predicted molar refractivity (Wildman–Crippen MR) is 72.3 cm³/mol. The van der Waals surface area contributed by atoms with Gasteiger partial charge in [0, 0.05) is 6.54 Å². The third kappa shape index (κ3) is 3.29. The molecule has 1 amide bonds. The van der Waals surface area contributed by atoms with Crippen LogP contribution >= 0.6 is 0 Å². The van der Waals surface area contributed by atoms with Gasteiger partial charge in [0.2, 0.25) is 11.9 Å². The maximum atomic E-state index is 12.7. The molecule has 1 aliphatic rings. The van der Waals surface area contributed by atoms with Crippen LogP contribution < -0.4 is 10.6 Å². The number of amides is 1. The number of hydrogen-bond acceptors (Lipinski definition) is 3. The monoisotopic (exact) mass is 265 g/mol. The van der Waals surface area contributed by atoms with Gasteiger partial charge in [-0.3, -0.25) is 4.79 Å². The number of anilines is 1. The van der Waals surface area contributed by atoms with Crippen LogP contribution in [0.5, 0.6) is 0 Å². The minimum absolute atomic E-state index is 0.00922. The Bertz CT molecular complexity index is 421. The molecular weight excluding hydrogens is 245 g/mol. The van der Waals surface area contributed by atoms with Crippen LogP contribution in [0.1, 0.15) is 32.6 Å². The van der Waals surface area contributed by atoms with E-state index >= 15 is 0 Å². The van der Waals surface area contributed by atoms with Crippen molar-refractivity contribution in [2.24, 2.45) is 5.41 Å². The number of nitrogens with zero attached hydrogens (tertiary/aromatic N) is 1. The van der Waals surface area contributed by atoms with Crippen molar-refractivity contribution in [3.63, 3.8) is 0 Å². The smallest absolute Gasteiger partial charge is 0.231 e. The number of carbonyl (C=O) groups excluding carboxylic acids is 1. The lowest BCUT2D eigenvalue weighted by Crippen LogP contribution is -2.48. The zero-order chi connectivity index (χ0) is 13.7. The molecule has 104 valence electrons. The van der Waals surface area contributed by atoms with E-state index in [0.717, 1.165) is 32.2 Å². The highest BCUT2D eigenvalue weighted by Crippen LogP contribution is 2.33. The molecule has 0 spiro atoms. The minimum Gasteiger partial charge on any atom is -0.324 e. The van der Waals surface area contributed by atoms with Gasteiger partial charge in [-0.1, -0.05) is 13.3 Å². The van der Waals surface area contributed by atoms with Crippen LogP contribution in [0.2, 0.25) is 0 Å². The lowest BCUT2D eigenvalue weighted by molar-refractivity contribution is -0.127. The molecule has 1 unspecified atom stereocenters. The van der Waals surface area contributed by atoms with E-state index in [4.69, 9.17) is 0 Å². The van der Waals surface area contributed by atoms with Crippen molar-refractivity contribution in [1.29, 1.82) is 0 Å². The molecule has 1 atom stereocenters. The zero-order valence-electron chi connectivity index (χ0n) is 11.2. The van der Waals surface area contributed by atoms with Crippen molar-refractivity contribution in [2.45, 2.75) is 32.6 Å². The van der Waals surface area contributed by atoms with Gasteiger partial charge in [-0.25, -0.2) is 4.98 Å². The first-order chi connectivity index (χ1) is 9.16. The van der Waals surface area contributed by atoms with E-state index in [1.54, 1.807) is 0 Å². The van der Waals surface area contributed by atoms with Gasteiger partial charge in [0.15, 0.2) is 0 Å². The molecule has 1 aromatic rings. The van der Waals surface area contributed by atoms with Crippen molar-refractivity contribution >= 4 is 11.6 Å². The number of nitrogens with one attached hydrogen (secondary N) is 2. The maximum Gasteiger partial charge on any atom is 0.231 e. The summed E-state index contributed by atoms with van der Waals surface area (Å²) in [5, 5.41) is 6.16. The van der Waals surface area contributed by atoms with Crippen LogP contribution in [-0.4, -0.2) is 24.0 Å².